The van der Waals surface area contributed by atoms with Gasteiger partial charge in [-0.2, -0.15) is 0 Å². The predicted molar refractivity (Wildman–Crippen MR) is 109 cm³/mol. The quantitative estimate of drug-likeness (QED) is 0.733. The monoisotopic (exact) mass is 391 g/mol. The average molecular weight is 392 g/mol. The van der Waals surface area contributed by atoms with Crippen LogP contribution in [-0.4, -0.2) is 29.9 Å². The highest BCUT2D eigenvalue weighted by Gasteiger charge is 2.34. The van der Waals surface area contributed by atoms with Crippen LogP contribution in [0.25, 0.3) is 0 Å². The second kappa shape index (κ2) is 9.07. The number of hydrogen-bond donors (Lipinski definition) is 3. The SMILES string of the molecule is Cl.O=C(NC1CC2CCC(C1)N2)c1cccc(NC(=O)C2CCCCC2)c1. The molecule has 1 saturated carbocycles. The summed E-state index contributed by atoms with van der Waals surface area (Å²) in [5.41, 5.74) is 1.34. The number of carbonyl (C=O) groups is 2. The minimum absolute atomic E-state index is 0. The van der Waals surface area contributed by atoms with Gasteiger partial charge in [-0.3, -0.25) is 9.59 Å². The maximum absolute atomic E-state index is 12.6. The minimum atomic E-state index is -0.0370. The number of benzene rings is 1. The molecule has 0 radical (unpaired) electrons. The predicted octanol–water partition coefficient (Wildman–Crippen LogP) is 3.64. The summed E-state index contributed by atoms with van der Waals surface area (Å²) < 4.78 is 0. The first kappa shape index (κ1) is 20.2. The van der Waals surface area contributed by atoms with Crippen LogP contribution >= 0.6 is 12.4 Å². The van der Waals surface area contributed by atoms with Crippen molar-refractivity contribution in [1.82, 2.24) is 10.6 Å². The molecule has 1 aromatic rings. The maximum Gasteiger partial charge on any atom is 0.251 e. The smallest absolute Gasteiger partial charge is 0.251 e. The van der Waals surface area contributed by atoms with Gasteiger partial charge in [0.15, 0.2) is 0 Å². The molecular weight excluding hydrogens is 362 g/mol. The summed E-state index contributed by atoms with van der Waals surface area (Å²) in [6.45, 7) is 0. The van der Waals surface area contributed by atoms with E-state index in [0.717, 1.165) is 44.2 Å². The summed E-state index contributed by atoms with van der Waals surface area (Å²) in [5.74, 6) is 0.175. The van der Waals surface area contributed by atoms with Gasteiger partial charge in [0.05, 0.1) is 0 Å². The standard InChI is InChI=1S/C21H29N3O2.ClH/c25-20(14-5-2-1-3-6-14)23-16-8-4-7-15(11-16)21(26)24-19-12-17-9-10-18(13-19)22-17;/h4,7-8,11,14,17-19,22H,1-3,5-6,9-10,12-13H2,(H,23,25)(H,24,26);1H. The maximum atomic E-state index is 12.6. The summed E-state index contributed by atoms with van der Waals surface area (Å²) in [6, 6.07) is 8.69. The molecule has 4 rings (SSSR count). The molecule has 2 amide bonds. The van der Waals surface area contributed by atoms with Crippen LogP contribution in [0.5, 0.6) is 0 Å². The van der Waals surface area contributed by atoms with E-state index >= 15 is 0 Å². The molecule has 2 heterocycles. The Balaban J connectivity index is 0.00000210. The molecule has 5 nitrogen and oxygen atoms in total. The molecule has 6 heteroatoms. The second-order valence-electron chi connectivity index (χ2n) is 8.18. The van der Waals surface area contributed by atoms with Crippen LogP contribution < -0.4 is 16.0 Å². The molecule has 3 aliphatic rings. The van der Waals surface area contributed by atoms with E-state index in [1.54, 1.807) is 6.07 Å². The fourth-order valence-electron chi connectivity index (χ4n) is 4.79. The molecule has 0 spiro atoms. The average Bonchev–Trinajstić information content (AvgIpc) is 3.01. The van der Waals surface area contributed by atoms with Crippen LogP contribution in [0.3, 0.4) is 0 Å². The van der Waals surface area contributed by atoms with Crippen LogP contribution in [0, 0.1) is 5.92 Å². The Labute approximate surface area is 167 Å². The van der Waals surface area contributed by atoms with Gasteiger partial charge in [-0.1, -0.05) is 25.3 Å². The Morgan fingerprint density at radius 2 is 1.67 bits per heavy atom. The number of halogens is 1. The zero-order valence-electron chi connectivity index (χ0n) is 15.7. The van der Waals surface area contributed by atoms with Gasteiger partial charge in [-0.25, -0.2) is 0 Å². The third-order valence-corrected chi connectivity index (χ3v) is 6.18. The second-order valence-corrected chi connectivity index (χ2v) is 8.18. The van der Waals surface area contributed by atoms with Crippen molar-refractivity contribution in [1.29, 1.82) is 0 Å². The zero-order chi connectivity index (χ0) is 17.9. The number of amides is 2. The molecule has 3 fully saturated rings. The van der Waals surface area contributed by atoms with Crippen molar-refractivity contribution in [3.8, 4) is 0 Å². The molecule has 2 unspecified atom stereocenters. The largest absolute Gasteiger partial charge is 0.349 e. The van der Waals surface area contributed by atoms with E-state index in [0.29, 0.717) is 17.6 Å². The fraction of sp³-hybridized carbons (Fsp3) is 0.619. The van der Waals surface area contributed by atoms with Crippen LogP contribution in [-0.2, 0) is 4.79 Å². The lowest BCUT2D eigenvalue weighted by molar-refractivity contribution is -0.120. The Morgan fingerprint density at radius 3 is 2.37 bits per heavy atom. The van der Waals surface area contributed by atoms with Crippen molar-refractivity contribution in [2.45, 2.75) is 75.9 Å². The molecule has 2 saturated heterocycles. The first-order chi connectivity index (χ1) is 12.7. The van der Waals surface area contributed by atoms with E-state index in [-0.39, 0.29) is 36.2 Å². The molecule has 2 bridgehead atoms. The number of carbonyl (C=O) groups excluding carboxylic acids is 2. The normalized spacial score (nSPS) is 27.5. The van der Waals surface area contributed by atoms with Crippen molar-refractivity contribution in [2.24, 2.45) is 5.92 Å². The van der Waals surface area contributed by atoms with Crippen molar-refractivity contribution in [2.75, 3.05) is 5.32 Å². The fourth-order valence-corrected chi connectivity index (χ4v) is 4.79. The number of anilines is 1. The zero-order valence-corrected chi connectivity index (χ0v) is 16.5. The Bertz CT molecular complexity index is 663. The van der Waals surface area contributed by atoms with Gasteiger partial charge in [0, 0.05) is 35.3 Å². The van der Waals surface area contributed by atoms with Crippen LogP contribution in [0.4, 0.5) is 5.69 Å². The van der Waals surface area contributed by atoms with Gasteiger partial charge in [0.2, 0.25) is 5.91 Å². The Hall–Kier alpha value is -1.59. The number of nitrogens with one attached hydrogen (secondary N) is 3. The molecule has 0 aromatic heterocycles. The van der Waals surface area contributed by atoms with E-state index in [1.807, 2.05) is 18.2 Å². The van der Waals surface area contributed by atoms with Gasteiger partial charge in [0.25, 0.3) is 5.91 Å². The Kier molecular flexibility index (Phi) is 6.77. The van der Waals surface area contributed by atoms with Crippen molar-refractivity contribution in [3.05, 3.63) is 29.8 Å². The van der Waals surface area contributed by atoms with E-state index in [1.165, 1.54) is 19.3 Å². The van der Waals surface area contributed by atoms with E-state index in [4.69, 9.17) is 0 Å². The molecule has 1 aromatic carbocycles. The summed E-state index contributed by atoms with van der Waals surface area (Å²) in [6.07, 6.45) is 9.93. The first-order valence-corrected chi connectivity index (χ1v) is 10.2. The lowest BCUT2D eigenvalue weighted by Gasteiger charge is -2.29. The number of rotatable bonds is 4. The molecular formula is C21H30ClN3O2. The number of hydrogen-bond acceptors (Lipinski definition) is 3. The van der Waals surface area contributed by atoms with E-state index in [2.05, 4.69) is 16.0 Å². The van der Waals surface area contributed by atoms with Crippen LogP contribution in [0.1, 0.15) is 68.1 Å². The summed E-state index contributed by atoms with van der Waals surface area (Å²) in [5, 5.41) is 9.79. The van der Waals surface area contributed by atoms with Gasteiger partial charge in [0.1, 0.15) is 0 Å². The molecule has 1 aliphatic carbocycles. The minimum Gasteiger partial charge on any atom is -0.349 e. The summed E-state index contributed by atoms with van der Waals surface area (Å²) >= 11 is 0. The highest BCUT2D eigenvalue weighted by molar-refractivity contribution is 5.97. The van der Waals surface area contributed by atoms with E-state index < -0.39 is 0 Å². The molecule has 2 atom stereocenters. The number of piperidine rings is 1. The lowest BCUT2D eigenvalue weighted by atomic mass is 9.88. The summed E-state index contributed by atoms with van der Waals surface area (Å²) in [4.78, 5) is 25.1. The third kappa shape index (κ3) is 5.02. The van der Waals surface area contributed by atoms with Crippen molar-refractivity contribution >= 4 is 29.9 Å². The highest BCUT2D eigenvalue weighted by Crippen LogP contribution is 2.27. The number of fused-ring (bicyclic) bond motifs is 2. The lowest BCUT2D eigenvalue weighted by Crippen LogP contribution is -2.48. The Morgan fingerprint density at radius 1 is 0.963 bits per heavy atom. The van der Waals surface area contributed by atoms with Crippen LogP contribution in [0.15, 0.2) is 24.3 Å². The van der Waals surface area contributed by atoms with Crippen LogP contribution in [0.2, 0.25) is 0 Å². The topological polar surface area (TPSA) is 70.2 Å². The molecule has 27 heavy (non-hydrogen) atoms. The highest BCUT2D eigenvalue weighted by atomic mass is 35.5. The van der Waals surface area contributed by atoms with Gasteiger partial charge in [-0.15, -0.1) is 12.4 Å². The third-order valence-electron chi connectivity index (χ3n) is 6.18. The van der Waals surface area contributed by atoms with E-state index in [9.17, 15) is 9.59 Å². The molecule has 148 valence electrons. The van der Waals surface area contributed by atoms with Gasteiger partial charge in [-0.05, 0) is 56.7 Å². The first-order valence-electron chi connectivity index (χ1n) is 10.2. The van der Waals surface area contributed by atoms with Gasteiger partial charge < -0.3 is 16.0 Å². The molecule has 3 N–H and O–H groups in total. The van der Waals surface area contributed by atoms with Crippen molar-refractivity contribution in [3.63, 3.8) is 0 Å². The summed E-state index contributed by atoms with van der Waals surface area (Å²) in [7, 11) is 0. The van der Waals surface area contributed by atoms with Crippen molar-refractivity contribution < 1.29 is 9.59 Å². The van der Waals surface area contributed by atoms with Gasteiger partial charge >= 0.3 is 0 Å². The molecule has 2 aliphatic heterocycles.